The van der Waals surface area contributed by atoms with E-state index in [2.05, 4.69) is 5.32 Å². The minimum absolute atomic E-state index is 0.148. The Morgan fingerprint density at radius 1 is 1.15 bits per heavy atom. The SMILES string of the molecule is COCCNCC1(Cc2ccc(F)cc2)CCCCC1. The van der Waals surface area contributed by atoms with Crippen LogP contribution in [0.5, 0.6) is 0 Å². The summed E-state index contributed by atoms with van der Waals surface area (Å²) < 4.78 is 18.1. The summed E-state index contributed by atoms with van der Waals surface area (Å²) in [7, 11) is 1.73. The number of methoxy groups -OCH3 is 1. The average Bonchev–Trinajstić information content (AvgIpc) is 2.47. The second-order valence-electron chi connectivity index (χ2n) is 6.03. The Hall–Kier alpha value is -0.930. The first-order valence-electron chi connectivity index (χ1n) is 7.68. The second kappa shape index (κ2) is 7.75. The second-order valence-corrected chi connectivity index (χ2v) is 6.03. The number of hydrogen-bond donors (Lipinski definition) is 1. The lowest BCUT2D eigenvalue weighted by Gasteiger charge is -2.38. The summed E-state index contributed by atoms with van der Waals surface area (Å²) in [5, 5.41) is 3.53. The molecule has 0 saturated heterocycles. The van der Waals surface area contributed by atoms with Gasteiger partial charge in [0.05, 0.1) is 6.61 Å². The molecule has 1 aliphatic rings. The number of hydrogen-bond acceptors (Lipinski definition) is 2. The van der Waals surface area contributed by atoms with Crippen molar-refractivity contribution in [2.45, 2.75) is 38.5 Å². The predicted octanol–water partition coefficient (Wildman–Crippen LogP) is 3.55. The van der Waals surface area contributed by atoms with Gasteiger partial charge in [-0.05, 0) is 42.4 Å². The number of nitrogens with one attached hydrogen (secondary N) is 1. The molecule has 1 saturated carbocycles. The lowest BCUT2D eigenvalue weighted by molar-refractivity contribution is 0.162. The van der Waals surface area contributed by atoms with Crippen molar-refractivity contribution in [2.75, 3.05) is 26.8 Å². The molecule has 0 heterocycles. The molecule has 0 aromatic heterocycles. The Morgan fingerprint density at radius 2 is 1.85 bits per heavy atom. The molecule has 2 nitrogen and oxygen atoms in total. The van der Waals surface area contributed by atoms with Crippen LogP contribution in [0.25, 0.3) is 0 Å². The van der Waals surface area contributed by atoms with E-state index in [9.17, 15) is 4.39 Å². The lowest BCUT2D eigenvalue weighted by Crippen LogP contribution is -2.39. The van der Waals surface area contributed by atoms with Crippen LogP contribution in [0, 0.1) is 11.2 Å². The molecule has 1 aromatic carbocycles. The summed E-state index contributed by atoms with van der Waals surface area (Å²) in [6.45, 7) is 2.70. The van der Waals surface area contributed by atoms with Gasteiger partial charge in [-0.15, -0.1) is 0 Å². The van der Waals surface area contributed by atoms with Gasteiger partial charge in [-0.3, -0.25) is 0 Å². The van der Waals surface area contributed by atoms with Gasteiger partial charge in [-0.1, -0.05) is 31.4 Å². The van der Waals surface area contributed by atoms with Crippen LogP contribution in [0.3, 0.4) is 0 Å². The van der Waals surface area contributed by atoms with E-state index in [1.54, 1.807) is 19.2 Å². The van der Waals surface area contributed by atoms with Gasteiger partial charge in [0.1, 0.15) is 5.82 Å². The fraction of sp³-hybridized carbons (Fsp3) is 0.647. The monoisotopic (exact) mass is 279 g/mol. The Morgan fingerprint density at radius 3 is 2.50 bits per heavy atom. The van der Waals surface area contributed by atoms with Crippen LogP contribution in [0.1, 0.15) is 37.7 Å². The zero-order chi connectivity index (χ0) is 14.3. The summed E-state index contributed by atoms with van der Waals surface area (Å²) in [6, 6.07) is 7.01. The highest BCUT2D eigenvalue weighted by atomic mass is 19.1. The summed E-state index contributed by atoms with van der Waals surface area (Å²) in [5.74, 6) is -0.148. The van der Waals surface area contributed by atoms with Gasteiger partial charge >= 0.3 is 0 Å². The number of benzene rings is 1. The van der Waals surface area contributed by atoms with Crippen molar-refractivity contribution < 1.29 is 9.13 Å². The molecular formula is C17H26FNO. The van der Waals surface area contributed by atoms with Crippen molar-refractivity contribution >= 4 is 0 Å². The Balaban J connectivity index is 1.96. The molecule has 1 aromatic rings. The van der Waals surface area contributed by atoms with Crippen molar-refractivity contribution in [2.24, 2.45) is 5.41 Å². The third kappa shape index (κ3) is 4.57. The molecule has 20 heavy (non-hydrogen) atoms. The first-order valence-corrected chi connectivity index (χ1v) is 7.68. The topological polar surface area (TPSA) is 21.3 Å². The zero-order valence-electron chi connectivity index (χ0n) is 12.5. The molecule has 1 N–H and O–H groups in total. The third-order valence-electron chi connectivity index (χ3n) is 4.39. The van der Waals surface area contributed by atoms with Crippen LogP contribution in [0.2, 0.25) is 0 Å². The fourth-order valence-corrected chi connectivity index (χ4v) is 3.28. The van der Waals surface area contributed by atoms with Gasteiger partial charge < -0.3 is 10.1 Å². The standard InChI is InChI=1S/C17H26FNO/c1-20-12-11-19-14-17(9-3-2-4-10-17)13-15-5-7-16(18)8-6-15/h5-8,19H,2-4,9-14H2,1H3. The number of rotatable bonds is 7. The van der Waals surface area contributed by atoms with Crippen molar-refractivity contribution in [1.82, 2.24) is 5.32 Å². The zero-order valence-corrected chi connectivity index (χ0v) is 12.5. The van der Waals surface area contributed by atoms with Gasteiger partial charge in [-0.25, -0.2) is 4.39 Å². The van der Waals surface area contributed by atoms with Crippen LogP contribution in [-0.4, -0.2) is 26.8 Å². The van der Waals surface area contributed by atoms with Crippen LogP contribution in [0.15, 0.2) is 24.3 Å². The van der Waals surface area contributed by atoms with E-state index in [4.69, 9.17) is 4.74 Å². The van der Waals surface area contributed by atoms with Gasteiger partial charge in [0, 0.05) is 20.2 Å². The predicted molar refractivity (Wildman–Crippen MR) is 80.4 cm³/mol. The van der Waals surface area contributed by atoms with E-state index in [1.807, 2.05) is 12.1 Å². The molecule has 0 unspecified atom stereocenters. The van der Waals surface area contributed by atoms with Crippen molar-refractivity contribution in [1.29, 1.82) is 0 Å². The quantitative estimate of drug-likeness (QED) is 0.771. The van der Waals surface area contributed by atoms with Gasteiger partial charge in [0.2, 0.25) is 0 Å². The molecule has 1 fully saturated rings. The molecule has 2 rings (SSSR count). The molecular weight excluding hydrogens is 253 g/mol. The summed E-state index contributed by atoms with van der Waals surface area (Å²) in [6.07, 6.45) is 7.56. The highest BCUT2D eigenvalue weighted by Gasteiger charge is 2.31. The fourth-order valence-electron chi connectivity index (χ4n) is 3.28. The molecule has 0 radical (unpaired) electrons. The molecule has 0 aliphatic heterocycles. The van der Waals surface area contributed by atoms with E-state index in [0.29, 0.717) is 5.41 Å². The van der Waals surface area contributed by atoms with Crippen molar-refractivity contribution in [3.8, 4) is 0 Å². The minimum atomic E-state index is -0.148. The van der Waals surface area contributed by atoms with E-state index in [-0.39, 0.29) is 5.82 Å². The summed E-state index contributed by atoms with van der Waals surface area (Å²) in [4.78, 5) is 0. The van der Waals surface area contributed by atoms with Crippen LogP contribution in [0.4, 0.5) is 4.39 Å². The first kappa shape index (κ1) is 15.5. The Kier molecular flexibility index (Phi) is 5.99. The first-order chi connectivity index (χ1) is 9.74. The normalized spacial score (nSPS) is 18.1. The molecule has 0 spiro atoms. The van der Waals surface area contributed by atoms with Gasteiger partial charge in [0.15, 0.2) is 0 Å². The smallest absolute Gasteiger partial charge is 0.123 e. The largest absolute Gasteiger partial charge is 0.383 e. The highest BCUT2D eigenvalue weighted by molar-refractivity contribution is 5.18. The van der Waals surface area contributed by atoms with E-state index in [0.717, 1.165) is 26.1 Å². The number of ether oxygens (including phenoxy) is 1. The molecule has 1 aliphatic carbocycles. The van der Waals surface area contributed by atoms with E-state index >= 15 is 0 Å². The molecule has 0 bridgehead atoms. The van der Waals surface area contributed by atoms with Crippen LogP contribution >= 0.6 is 0 Å². The molecule has 3 heteroatoms. The van der Waals surface area contributed by atoms with E-state index < -0.39 is 0 Å². The van der Waals surface area contributed by atoms with Gasteiger partial charge in [0.25, 0.3) is 0 Å². The molecule has 0 amide bonds. The minimum Gasteiger partial charge on any atom is -0.383 e. The maximum Gasteiger partial charge on any atom is 0.123 e. The molecule has 112 valence electrons. The number of halogens is 1. The van der Waals surface area contributed by atoms with Gasteiger partial charge in [-0.2, -0.15) is 0 Å². The Labute approximate surface area is 121 Å². The highest BCUT2D eigenvalue weighted by Crippen LogP contribution is 2.38. The maximum atomic E-state index is 13.0. The molecule has 0 atom stereocenters. The van der Waals surface area contributed by atoms with Crippen LogP contribution < -0.4 is 5.32 Å². The summed E-state index contributed by atoms with van der Waals surface area (Å²) >= 11 is 0. The third-order valence-corrected chi connectivity index (χ3v) is 4.39. The lowest BCUT2D eigenvalue weighted by atomic mass is 9.70. The maximum absolute atomic E-state index is 13.0. The van der Waals surface area contributed by atoms with Crippen LogP contribution in [-0.2, 0) is 11.2 Å². The van der Waals surface area contributed by atoms with E-state index in [1.165, 1.54) is 37.7 Å². The van der Waals surface area contributed by atoms with Crippen molar-refractivity contribution in [3.63, 3.8) is 0 Å². The average molecular weight is 279 g/mol. The summed E-state index contributed by atoms with van der Waals surface area (Å²) in [5.41, 5.74) is 1.59. The Bertz CT molecular complexity index is 384. The van der Waals surface area contributed by atoms with Crippen molar-refractivity contribution in [3.05, 3.63) is 35.6 Å².